The molecule has 112 valence electrons. The Balaban J connectivity index is 1.87. The highest BCUT2D eigenvalue weighted by molar-refractivity contribution is 7.12. The first kappa shape index (κ1) is 15.3. The van der Waals surface area contributed by atoms with Crippen molar-refractivity contribution in [2.24, 2.45) is 0 Å². The molecule has 0 spiro atoms. The summed E-state index contributed by atoms with van der Waals surface area (Å²) in [5.41, 5.74) is 0. The normalized spacial score (nSPS) is 11.8. The highest BCUT2D eigenvalue weighted by Crippen LogP contribution is 2.25. The summed E-state index contributed by atoms with van der Waals surface area (Å²) in [5.74, 6) is 0.0486. The highest BCUT2D eigenvalue weighted by atomic mass is 32.1. The maximum atomic E-state index is 13.0. The van der Waals surface area contributed by atoms with Crippen LogP contribution in [0.25, 0.3) is 0 Å². The van der Waals surface area contributed by atoms with E-state index < -0.39 is 12.1 Å². The van der Waals surface area contributed by atoms with Gasteiger partial charge in [-0.1, -0.05) is 6.07 Å². The minimum Gasteiger partial charge on any atom is -0.495 e. The molecule has 2 rings (SSSR count). The van der Waals surface area contributed by atoms with E-state index in [-0.39, 0.29) is 12.4 Å². The van der Waals surface area contributed by atoms with E-state index in [2.05, 4.69) is 0 Å². The van der Waals surface area contributed by atoms with Crippen LogP contribution in [0.5, 0.6) is 11.5 Å². The molecule has 1 unspecified atom stereocenters. The van der Waals surface area contributed by atoms with Crippen molar-refractivity contribution in [1.29, 1.82) is 0 Å². The number of esters is 1. The minimum absolute atomic E-state index is 0.142. The number of rotatable bonds is 6. The molecule has 2 aromatic rings. The van der Waals surface area contributed by atoms with E-state index in [0.717, 1.165) is 0 Å². The molecule has 0 bridgehead atoms. The van der Waals surface area contributed by atoms with E-state index in [1.54, 1.807) is 30.5 Å². The number of carbonyl (C=O) groups is 1. The minimum atomic E-state index is -0.465. The third-order valence-corrected chi connectivity index (χ3v) is 3.50. The second kappa shape index (κ2) is 7.08. The van der Waals surface area contributed by atoms with Crippen LogP contribution in [0.15, 0.2) is 35.7 Å². The Hall–Kier alpha value is -2.08. The van der Waals surface area contributed by atoms with Gasteiger partial charge >= 0.3 is 5.97 Å². The smallest absolute Gasteiger partial charge is 0.352 e. The van der Waals surface area contributed by atoms with Crippen molar-refractivity contribution in [3.63, 3.8) is 0 Å². The van der Waals surface area contributed by atoms with E-state index in [1.165, 1.54) is 30.6 Å². The highest BCUT2D eigenvalue weighted by Gasteiger charge is 2.18. The Labute approximate surface area is 126 Å². The summed E-state index contributed by atoms with van der Waals surface area (Å²) in [6.45, 7) is 1.85. The van der Waals surface area contributed by atoms with Gasteiger partial charge in [0.05, 0.1) is 7.11 Å². The molecule has 1 atom stereocenters. The summed E-state index contributed by atoms with van der Waals surface area (Å²) >= 11 is 1.25. The molecule has 6 heteroatoms. The van der Waals surface area contributed by atoms with E-state index >= 15 is 0 Å². The van der Waals surface area contributed by atoms with Crippen molar-refractivity contribution >= 4 is 17.3 Å². The third-order valence-electron chi connectivity index (χ3n) is 2.62. The van der Waals surface area contributed by atoms with Crippen LogP contribution in [-0.4, -0.2) is 25.8 Å². The quantitative estimate of drug-likeness (QED) is 0.766. The molecule has 0 fully saturated rings. The van der Waals surface area contributed by atoms with Crippen LogP contribution in [0, 0.1) is 5.82 Å². The van der Waals surface area contributed by atoms with Gasteiger partial charge in [-0.2, -0.15) is 0 Å². The van der Waals surface area contributed by atoms with Crippen LogP contribution in [0.4, 0.5) is 4.39 Å². The lowest BCUT2D eigenvalue weighted by Crippen LogP contribution is -2.21. The van der Waals surface area contributed by atoms with Crippen LogP contribution in [-0.2, 0) is 4.74 Å². The Morgan fingerprint density at radius 2 is 2.19 bits per heavy atom. The SMILES string of the molecule is COc1ccsc1C(=O)OC(C)COc1cccc(F)c1. The maximum absolute atomic E-state index is 13.0. The Morgan fingerprint density at radius 1 is 1.38 bits per heavy atom. The van der Waals surface area contributed by atoms with Crippen LogP contribution in [0.2, 0.25) is 0 Å². The van der Waals surface area contributed by atoms with Crippen LogP contribution >= 0.6 is 11.3 Å². The first-order valence-corrected chi connectivity index (χ1v) is 7.19. The lowest BCUT2D eigenvalue weighted by Gasteiger charge is -2.14. The van der Waals surface area contributed by atoms with Crippen molar-refractivity contribution in [3.8, 4) is 11.5 Å². The van der Waals surface area contributed by atoms with Gasteiger partial charge in [-0.25, -0.2) is 9.18 Å². The van der Waals surface area contributed by atoms with E-state index in [1.807, 2.05) is 0 Å². The second-order valence-corrected chi connectivity index (χ2v) is 5.22. The van der Waals surface area contributed by atoms with Crippen molar-refractivity contribution in [1.82, 2.24) is 0 Å². The second-order valence-electron chi connectivity index (χ2n) is 4.30. The molecular weight excluding hydrogens is 295 g/mol. The van der Waals surface area contributed by atoms with Crippen molar-refractivity contribution in [2.75, 3.05) is 13.7 Å². The number of ether oxygens (including phenoxy) is 3. The molecule has 0 saturated heterocycles. The van der Waals surface area contributed by atoms with E-state index in [0.29, 0.717) is 16.4 Å². The predicted octanol–water partition coefficient (Wildman–Crippen LogP) is 3.52. The molecular formula is C15H15FO4S. The van der Waals surface area contributed by atoms with Gasteiger partial charge in [0.2, 0.25) is 0 Å². The average molecular weight is 310 g/mol. The summed E-state index contributed by atoms with van der Waals surface area (Å²) in [5, 5.41) is 1.75. The van der Waals surface area contributed by atoms with Crippen LogP contribution in [0.3, 0.4) is 0 Å². The molecule has 0 aliphatic rings. The monoisotopic (exact) mass is 310 g/mol. The molecule has 1 aromatic carbocycles. The summed E-state index contributed by atoms with van der Waals surface area (Å²) in [6, 6.07) is 7.50. The number of halogens is 1. The van der Waals surface area contributed by atoms with Gasteiger partial charge in [-0.05, 0) is 30.5 Å². The summed E-state index contributed by atoms with van der Waals surface area (Å²) in [7, 11) is 1.50. The Kier molecular flexibility index (Phi) is 5.16. The van der Waals surface area contributed by atoms with Gasteiger partial charge < -0.3 is 14.2 Å². The summed E-state index contributed by atoms with van der Waals surface area (Å²) in [4.78, 5) is 12.4. The van der Waals surface area contributed by atoms with E-state index in [4.69, 9.17) is 14.2 Å². The van der Waals surface area contributed by atoms with Crippen LogP contribution < -0.4 is 9.47 Å². The number of carbonyl (C=O) groups excluding carboxylic acids is 1. The first-order valence-electron chi connectivity index (χ1n) is 6.31. The van der Waals surface area contributed by atoms with Gasteiger partial charge in [-0.3, -0.25) is 0 Å². The lowest BCUT2D eigenvalue weighted by atomic mass is 10.3. The number of thiophene rings is 1. The predicted molar refractivity (Wildman–Crippen MR) is 77.6 cm³/mol. The molecule has 0 amide bonds. The maximum Gasteiger partial charge on any atom is 0.352 e. The topological polar surface area (TPSA) is 44.8 Å². The van der Waals surface area contributed by atoms with Gasteiger partial charge in [0.1, 0.15) is 30.0 Å². The van der Waals surface area contributed by atoms with Crippen molar-refractivity contribution in [2.45, 2.75) is 13.0 Å². The molecule has 0 radical (unpaired) electrons. The molecule has 0 aliphatic heterocycles. The Morgan fingerprint density at radius 3 is 2.90 bits per heavy atom. The van der Waals surface area contributed by atoms with Crippen molar-refractivity contribution < 1.29 is 23.4 Å². The number of hydrogen-bond acceptors (Lipinski definition) is 5. The molecule has 1 heterocycles. The average Bonchev–Trinajstić information content (AvgIpc) is 2.94. The zero-order valence-electron chi connectivity index (χ0n) is 11.7. The molecule has 0 aliphatic carbocycles. The van der Waals surface area contributed by atoms with Crippen LogP contribution in [0.1, 0.15) is 16.6 Å². The van der Waals surface area contributed by atoms with Crippen molar-refractivity contribution in [3.05, 3.63) is 46.4 Å². The number of methoxy groups -OCH3 is 1. The largest absolute Gasteiger partial charge is 0.495 e. The fraction of sp³-hybridized carbons (Fsp3) is 0.267. The lowest BCUT2D eigenvalue weighted by molar-refractivity contribution is 0.0231. The van der Waals surface area contributed by atoms with Gasteiger partial charge in [0.15, 0.2) is 4.88 Å². The molecule has 4 nitrogen and oxygen atoms in total. The zero-order chi connectivity index (χ0) is 15.2. The third kappa shape index (κ3) is 4.19. The fourth-order valence-corrected chi connectivity index (χ4v) is 2.39. The standard InChI is InChI=1S/C15H15FO4S/c1-10(9-19-12-5-3-4-11(16)8-12)20-15(17)14-13(18-2)6-7-21-14/h3-8,10H,9H2,1-2H3. The number of benzene rings is 1. The van der Waals surface area contributed by atoms with Gasteiger partial charge in [-0.15, -0.1) is 11.3 Å². The molecule has 21 heavy (non-hydrogen) atoms. The molecule has 0 saturated carbocycles. The summed E-state index contributed by atoms with van der Waals surface area (Å²) < 4.78 is 28.7. The summed E-state index contributed by atoms with van der Waals surface area (Å²) in [6.07, 6.45) is -0.465. The molecule has 1 aromatic heterocycles. The van der Waals surface area contributed by atoms with E-state index in [9.17, 15) is 9.18 Å². The first-order chi connectivity index (χ1) is 10.1. The zero-order valence-corrected chi connectivity index (χ0v) is 12.5. The Bertz CT molecular complexity index is 611. The van der Waals surface area contributed by atoms with Gasteiger partial charge in [0, 0.05) is 6.07 Å². The van der Waals surface area contributed by atoms with Gasteiger partial charge in [0.25, 0.3) is 0 Å². The number of hydrogen-bond donors (Lipinski definition) is 0. The molecule has 0 N–H and O–H groups in total. The fourth-order valence-electron chi connectivity index (χ4n) is 1.65.